The number of nitrogens with one attached hydrogen (secondary N) is 2. The molecule has 2 N–H and O–H groups in total. The molecule has 0 saturated heterocycles. The fourth-order valence-electron chi connectivity index (χ4n) is 2.26. The van der Waals surface area contributed by atoms with E-state index < -0.39 is 0 Å². The van der Waals surface area contributed by atoms with Gasteiger partial charge in [-0.15, -0.1) is 11.3 Å². The van der Waals surface area contributed by atoms with Crippen molar-refractivity contribution in [2.45, 2.75) is 6.54 Å². The van der Waals surface area contributed by atoms with E-state index in [-0.39, 0.29) is 5.91 Å². The quantitative estimate of drug-likeness (QED) is 0.721. The van der Waals surface area contributed by atoms with Crippen molar-refractivity contribution >= 4 is 17.2 Å². The van der Waals surface area contributed by atoms with Crippen LogP contribution in [0.5, 0.6) is 11.5 Å². The van der Waals surface area contributed by atoms with Crippen LogP contribution in [0.3, 0.4) is 0 Å². The van der Waals surface area contributed by atoms with Crippen LogP contribution in [-0.4, -0.2) is 30.3 Å². The number of methoxy groups -OCH3 is 2. The standard InChI is InChI=1S/C17H17N3O3S/c1-22-11-5-6-13(16(8-11)23-2)14-9-15(20-19-14)17(21)18-10-12-4-3-7-24-12/h3-9H,10H2,1-2H3,(H,18,21)(H,19,20). The van der Waals surface area contributed by atoms with Crippen molar-refractivity contribution < 1.29 is 14.3 Å². The zero-order valence-electron chi connectivity index (χ0n) is 13.3. The summed E-state index contributed by atoms with van der Waals surface area (Å²) >= 11 is 1.60. The first-order valence-corrected chi connectivity index (χ1v) is 8.17. The van der Waals surface area contributed by atoms with Crippen molar-refractivity contribution in [1.82, 2.24) is 15.5 Å². The van der Waals surface area contributed by atoms with Gasteiger partial charge in [0.2, 0.25) is 0 Å². The maximum absolute atomic E-state index is 12.2. The zero-order chi connectivity index (χ0) is 16.9. The van der Waals surface area contributed by atoms with Gasteiger partial charge in [-0.25, -0.2) is 0 Å². The number of benzene rings is 1. The lowest BCUT2D eigenvalue weighted by Gasteiger charge is -2.08. The average Bonchev–Trinajstić information content (AvgIpc) is 3.30. The number of aromatic nitrogens is 2. The van der Waals surface area contributed by atoms with Crippen LogP contribution in [0.1, 0.15) is 15.4 Å². The van der Waals surface area contributed by atoms with Crippen molar-refractivity contribution in [2.75, 3.05) is 14.2 Å². The highest BCUT2D eigenvalue weighted by Crippen LogP contribution is 2.32. The molecule has 0 spiro atoms. The molecule has 0 unspecified atom stereocenters. The minimum atomic E-state index is -0.199. The average molecular weight is 343 g/mol. The summed E-state index contributed by atoms with van der Waals surface area (Å²) in [5.41, 5.74) is 1.82. The van der Waals surface area contributed by atoms with Gasteiger partial charge >= 0.3 is 0 Å². The SMILES string of the molecule is COc1ccc(-c2cc(C(=O)NCc3cccs3)[nH]n2)c(OC)c1. The first kappa shape index (κ1) is 16.1. The molecule has 0 radical (unpaired) electrons. The van der Waals surface area contributed by atoms with E-state index in [2.05, 4.69) is 15.5 Å². The van der Waals surface area contributed by atoms with Gasteiger partial charge in [-0.2, -0.15) is 5.10 Å². The first-order chi connectivity index (χ1) is 11.7. The lowest BCUT2D eigenvalue weighted by molar-refractivity contribution is 0.0946. The van der Waals surface area contributed by atoms with Crippen molar-refractivity contribution in [2.24, 2.45) is 0 Å². The van der Waals surface area contributed by atoms with E-state index in [0.717, 1.165) is 10.4 Å². The molecule has 1 aromatic carbocycles. The fraction of sp³-hybridized carbons (Fsp3) is 0.176. The summed E-state index contributed by atoms with van der Waals surface area (Å²) in [7, 11) is 3.18. The molecule has 6 nitrogen and oxygen atoms in total. The Hall–Kier alpha value is -2.80. The monoisotopic (exact) mass is 343 g/mol. The molecule has 3 aromatic rings. The van der Waals surface area contributed by atoms with Crippen LogP contribution in [-0.2, 0) is 6.54 Å². The van der Waals surface area contributed by atoms with Gasteiger partial charge < -0.3 is 14.8 Å². The predicted molar refractivity (Wildman–Crippen MR) is 92.6 cm³/mol. The Morgan fingerprint density at radius 2 is 2.12 bits per heavy atom. The first-order valence-electron chi connectivity index (χ1n) is 7.29. The summed E-state index contributed by atoms with van der Waals surface area (Å²) in [5, 5.41) is 11.8. The number of ether oxygens (including phenoxy) is 2. The third-order valence-corrected chi connectivity index (χ3v) is 4.39. The molecule has 0 aliphatic heterocycles. The molecule has 2 aromatic heterocycles. The molecule has 0 aliphatic rings. The molecule has 3 rings (SSSR count). The second-order valence-electron chi connectivity index (χ2n) is 5.00. The highest BCUT2D eigenvalue weighted by atomic mass is 32.1. The number of hydrogen-bond acceptors (Lipinski definition) is 5. The van der Waals surface area contributed by atoms with Crippen molar-refractivity contribution in [3.63, 3.8) is 0 Å². The molecule has 24 heavy (non-hydrogen) atoms. The Morgan fingerprint density at radius 1 is 1.25 bits per heavy atom. The number of hydrogen-bond donors (Lipinski definition) is 2. The zero-order valence-corrected chi connectivity index (χ0v) is 14.1. The molecule has 0 fully saturated rings. The third kappa shape index (κ3) is 3.41. The number of H-pyrrole nitrogens is 1. The van der Waals surface area contributed by atoms with Gasteiger partial charge in [-0.05, 0) is 29.6 Å². The number of carbonyl (C=O) groups is 1. The number of amides is 1. The van der Waals surface area contributed by atoms with Crippen LogP contribution < -0.4 is 14.8 Å². The van der Waals surface area contributed by atoms with Crippen LogP contribution in [0.2, 0.25) is 0 Å². The van der Waals surface area contributed by atoms with Gasteiger partial charge in [0.05, 0.1) is 26.5 Å². The minimum Gasteiger partial charge on any atom is -0.497 e. The van der Waals surface area contributed by atoms with Gasteiger partial charge in [0, 0.05) is 16.5 Å². The highest BCUT2D eigenvalue weighted by molar-refractivity contribution is 7.09. The number of nitrogens with zero attached hydrogens (tertiary/aromatic N) is 1. The molecule has 7 heteroatoms. The Kier molecular flexibility index (Phi) is 4.81. The smallest absolute Gasteiger partial charge is 0.269 e. The van der Waals surface area contributed by atoms with Gasteiger partial charge in [-0.1, -0.05) is 6.07 Å². The molecule has 0 bridgehead atoms. The van der Waals surface area contributed by atoms with Crippen LogP contribution in [0, 0.1) is 0 Å². The van der Waals surface area contributed by atoms with Crippen LogP contribution >= 0.6 is 11.3 Å². The predicted octanol–water partition coefficient (Wildman–Crippen LogP) is 3.09. The summed E-state index contributed by atoms with van der Waals surface area (Å²) in [6, 6.07) is 11.1. The lowest BCUT2D eigenvalue weighted by atomic mass is 10.1. The third-order valence-electron chi connectivity index (χ3n) is 3.51. The molecular formula is C17H17N3O3S. The van der Waals surface area contributed by atoms with Crippen molar-refractivity contribution in [3.8, 4) is 22.8 Å². The second-order valence-corrected chi connectivity index (χ2v) is 6.03. The van der Waals surface area contributed by atoms with Crippen LogP contribution in [0.15, 0.2) is 41.8 Å². The molecule has 0 aliphatic carbocycles. The normalized spacial score (nSPS) is 10.4. The van der Waals surface area contributed by atoms with E-state index in [4.69, 9.17) is 9.47 Å². The van der Waals surface area contributed by atoms with E-state index in [1.807, 2.05) is 29.6 Å². The summed E-state index contributed by atoms with van der Waals surface area (Å²) < 4.78 is 10.6. The number of aromatic amines is 1. The Morgan fingerprint density at radius 3 is 2.83 bits per heavy atom. The number of rotatable bonds is 6. The minimum absolute atomic E-state index is 0.199. The van der Waals surface area contributed by atoms with E-state index in [0.29, 0.717) is 29.4 Å². The molecule has 1 amide bonds. The molecule has 0 atom stereocenters. The maximum Gasteiger partial charge on any atom is 0.269 e. The van der Waals surface area contributed by atoms with Gasteiger partial charge in [0.15, 0.2) is 0 Å². The van der Waals surface area contributed by atoms with E-state index in [1.165, 1.54) is 0 Å². The maximum atomic E-state index is 12.2. The molecule has 2 heterocycles. The Labute approximate surface area is 143 Å². The number of thiophene rings is 1. The summed E-state index contributed by atoms with van der Waals surface area (Å²) in [4.78, 5) is 13.3. The van der Waals surface area contributed by atoms with E-state index in [9.17, 15) is 4.79 Å². The van der Waals surface area contributed by atoms with E-state index in [1.54, 1.807) is 37.7 Å². The van der Waals surface area contributed by atoms with Gasteiger partial charge in [0.25, 0.3) is 5.91 Å². The van der Waals surface area contributed by atoms with Gasteiger partial charge in [0.1, 0.15) is 17.2 Å². The van der Waals surface area contributed by atoms with Gasteiger partial charge in [-0.3, -0.25) is 9.89 Å². The van der Waals surface area contributed by atoms with Crippen LogP contribution in [0.25, 0.3) is 11.3 Å². The summed E-state index contributed by atoms with van der Waals surface area (Å²) in [6.07, 6.45) is 0. The van der Waals surface area contributed by atoms with Crippen LogP contribution in [0.4, 0.5) is 0 Å². The van der Waals surface area contributed by atoms with Crippen molar-refractivity contribution in [1.29, 1.82) is 0 Å². The molecule has 0 saturated carbocycles. The Bertz CT molecular complexity index is 827. The Balaban J connectivity index is 1.76. The summed E-state index contributed by atoms with van der Waals surface area (Å²) in [5.74, 6) is 1.13. The summed E-state index contributed by atoms with van der Waals surface area (Å²) in [6.45, 7) is 0.497. The lowest BCUT2D eigenvalue weighted by Crippen LogP contribution is -2.22. The second kappa shape index (κ2) is 7.18. The molecule has 124 valence electrons. The van der Waals surface area contributed by atoms with Crippen molar-refractivity contribution in [3.05, 3.63) is 52.3 Å². The fourth-order valence-corrected chi connectivity index (χ4v) is 2.91. The highest BCUT2D eigenvalue weighted by Gasteiger charge is 2.14. The topological polar surface area (TPSA) is 76.2 Å². The number of carbonyl (C=O) groups excluding carboxylic acids is 1. The largest absolute Gasteiger partial charge is 0.497 e. The van der Waals surface area contributed by atoms with E-state index >= 15 is 0 Å². The molecular weight excluding hydrogens is 326 g/mol.